The zero-order valence-corrected chi connectivity index (χ0v) is 22.1. The first-order valence-corrected chi connectivity index (χ1v) is 15.0. The Hall–Kier alpha value is -4.04. The second-order valence-electron chi connectivity index (χ2n) is 9.74. The Kier molecular flexibility index (Phi) is 5.28. The Balaban J connectivity index is 1.66. The van der Waals surface area contributed by atoms with E-state index in [1.807, 2.05) is 12.1 Å². The quantitative estimate of drug-likeness (QED) is 0.173. The van der Waals surface area contributed by atoms with Crippen LogP contribution < -0.4 is 11.5 Å². The summed E-state index contributed by atoms with van der Waals surface area (Å²) in [4.78, 5) is 0. The molecule has 0 radical (unpaired) electrons. The number of nitrogen functional groups attached to an aromatic ring is 2. The van der Waals surface area contributed by atoms with E-state index in [2.05, 4.69) is 97.1 Å². The molecule has 0 bridgehead atoms. The van der Waals surface area contributed by atoms with Gasteiger partial charge in [0.1, 0.15) is 0 Å². The van der Waals surface area contributed by atoms with Crippen LogP contribution in [0.3, 0.4) is 0 Å². The Morgan fingerprint density at radius 1 is 0.486 bits per heavy atom. The molecule has 0 saturated carbocycles. The van der Waals surface area contributed by atoms with Crippen molar-refractivity contribution in [1.82, 2.24) is 0 Å². The summed E-state index contributed by atoms with van der Waals surface area (Å²) in [6, 6.07) is 39.1. The van der Waals surface area contributed by atoms with Crippen LogP contribution in [0.5, 0.6) is 0 Å². The topological polar surface area (TPSA) is 52.0 Å². The van der Waals surface area contributed by atoms with Crippen molar-refractivity contribution in [1.29, 1.82) is 0 Å². The van der Waals surface area contributed by atoms with Crippen LogP contribution in [-0.2, 0) is 10.6 Å². The maximum atomic E-state index is 6.26. The van der Waals surface area contributed by atoms with E-state index in [1.54, 1.807) is 0 Å². The van der Waals surface area contributed by atoms with Crippen molar-refractivity contribution in [3.63, 3.8) is 0 Å². The molecular weight excluding hydrogens is 515 g/mol. The molecule has 2 nitrogen and oxygen atoms in total. The van der Waals surface area contributed by atoms with Gasteiger partial charge < -0.3 is 0 Å². The molecule has 1 aliphatic heterocycles. The van der Waals surface area contributed by atoms with Crippen LogP contribution >= 0.6 is 0 Å². The minimum atomic E-state index is 0.412. The third-order valence-electron chi connectivity index (χ3n) is 7.45. The summed E-state index contributed by atoms with van der Waals surface area (Å²) < 4.78 is 0. The fourth-order valence-corrected chi connectivity index (χ4v) is 8.16. The van der Waals surface area contributed by atoms with Crippen LogP contribution in [0.4, 0.5) is 11.4 Å². The van der Waals surface area contributed by atoms with Crippen LogP contribution in [0.25, 0.3) is 54.9 Å². The van der Waals surface area contributed by atoms with E-state index in [1.165, 1.54) is 66.1 Å². The van der Waals surface area contributed by atoms with Crippen LogP contribution in [0.2, 0.25) is 0 Å². The van der Waals surface area contributed by atoms with Crippen LogP contribution in [0.15, 0.2) is 109 Å². The molecule has 6 aromatic rings. The van der Waals surface area contributed by atoms with E-state index in [4.69, 9.17) is 11.5 Å². The molecule has 0 saturated heterocycles. The summed E-state index contributed by atoms with van der Waals surface area (Å²) in [6.07, 6.45) is 0. The average molecular weight is 542 g/mol. The van der Waals surface area contributed by atoms with E-state index >= 15 is 0 Å². The molecular formula is C34H26N2Se. The fraction of sp³-hybridized carbons (Fsp3) is 0.0588. The molecule has 4 N–H and O–H groups in total. The standard InChI is InChI=1S/C34H26N2Se/c35-25-11-5-9-21(15-25)29-17-23-7-1-3-13-27(23)33-31(29)19-37-20-32-30(22-10-6-12-26(36)16-22)18-24-8-2-4-14-28(24)34(32)33/h1-18H,19-20,35-36H2. The average Bonchev–Trinajstić information content (AvgIpc) is 3.13. The molecule has 0 aliphatic carbocycles. The monoisotopic (exact) mass is 542 g/mol. The Morgan fingerprint density at radius 2 is 0.946 bits per heavy atom. The Labute approximate surface area is 223 Å². The van der Waals surface area contributed by atoms with E-state index in [9.17, 15) is 0 Å². The van der Waals surface area contributed by atoms with Crippen molar-refractivity contribution in [2.24, 2.45) is 0 Å². The first kappa shape index (κ1) is 22.2. The Bertz CT molecular complexity index is 1700. The minimum absolute atomic E-state index is 0.412. The van der Waals surface area contributed by atoms with Crippen molar-refractivity contribution in [3.05, 3.63) is 120 Å². The van der Waals surface area contributed by atoms with Gasteiger partial charge in [-0.25, -0.2) is 0 Å². The second kappa shape index (κ2) is 8.81. The van der Waals surface area contributed by atoms with Gasteiger partial charge in [0, 0.05) is 0 Å². The van der Waals surface area contributed by atoms with Gasteiger partial charge in [0.05, 0.1) is 0 Å². The first-order valence-electron chi connectivity index (χ1n) is 12.6. The Morgan fingerprint density at radius 3 is 1.41 bits per heavy atom. The summed E-state index contributed by atoms with van der Waals surface area (Å²) in [5.74, 6) is 0. The number of anilines is 2. The summed E-state index contributed by atoms with van der Waals surface area (Å²) in [5.41, 5.74) is 24.7. The molecule has 0 spiro atoms. The van der Waals surface area contributed by atoms with E-state index in [0.717, 1.165) is 22.0 Å². The van der Waals surface area contributed by atoms with Gasteiger partial charge in [0.15, 0.2) is 0 Å². The predicted molar refractivity (Wildman–Crippen MR) is 160 cm³/mol. The normalized spacial score (nSPS) is 12.8. The van der Waals surface area contributed by atoms with Gasteiger partial charge in [0.2, 0.25) is 0 Å². The zero-order valence-electron chi connectivity index (χ0n) is 20.4. The number of rotatable bonds is 2. The molecule has 0 unspecified atom stereocenters. The summed E-state index contributed by atoms with van der Waals surface area (Å²) in [7, 11) is 0. The van der Waals surface area contributed by atoms with Crippen molar-refractivity contribution >= 4 is 47.9 Å². The number of fused-ring (bicyclic) bond motifs is 7. The third-order valence-corrected chi connectivity index (χ3v) is 9.52. The molecule has 178 valence electrons. The molecule has 3 heteroatoms. The molecule has 0 aromatic heterocycles. The molecule has 7 rings (SSSR count). The molecule has 0 fully saturated rings. The van der Waals surface area contributed by atoms with Crippen molar-refractivity contribution in [2.45, 2.75) is 10.6 Å². The molecule has 37 heavy (non-hydrogen) atoms. The number of nitrogens with two attached hydrogens (primary N) is 2. The molecule has 0 atom stereocenters. The van der Waals surface area contributed by atoms with Crippen molar-refractivity contribution in [3.8, 4) is 33.4 Å². The summed E-state index contributed by atoms with van der Waals surface area (Å²) in [6.45, 7) is 0. The van der Waals surface area contributed by atoms with E-state index in [-0.39, 0.29) is 0 Å². The fourth-order valence-electron chi connectivity index (χ4n) is 5.83. The predicted octanol–water partition coefficient (Wildman–Crippen LogP) is 7.88. The van der Waals surface area contributed by atoms with Gasteiger partial charge in [-0.2, -0.15) is 0 Å². The third kappa shape index (κ3) is 3.71. The zero-order chi connectivity index (χ0) is 24.9. The van der Waals surface area contributed by atoms with Gasteiger partial charge >= 0.3 is 224 Å². The molecule has 6 aromatic carbocycles. The number of hydrogen-bond acceptors (Lipinski definition) is 2. The van der Waals surface area contributed by atoms with Crippen LogP contribution in [0.1, 0.15) is 11.1 Å². The van der Waals surface area contributed by atoms with Crippen LogP contribution in [-0.4, -0.2) is 15.0 Å². The van der Waals surface area contributed by atoms with Crippen LogP contribution in [0, 0.1) is 0 Å². The SMILES string of the molecule is Nc1cccc(-c2cc3ccccc3c3c2C[Se]Cc2c(-c4cccc(N)c4)cc4ccccc4c2-3)c1. The van der Waals surface area contributed by atoms with E-state index < -0.39 is 0 Å². The molecule has 0 amide bonds. The van der Waals surface area contributed by atoms with Gasteiger partial charge in [-0.3, -0.25) is 0 Å². The van der Waals surface area contributed by atoms with Crippen molar-refractivity contribution in [2.75, 3.05) is 11.5 Å². The molecule has 1 aliphatic rings. The van der Waals surface area contributed by atoms with E-state index in [0.29, 0.717) is 15.0 Å². The summed E-state index contributed by atoms with van der Waals surface area (Å²) >= 11 is 0.412. The first-order chi connectivity index (χ1) is 18.2. The van der Waals surface area contributed by atoms with Gasteiger partial charge in [-0.15, -0.1) is 0 Å². The van der Waals surface area contributed by atoms with Gasteiger partial charge in [-0.05, 0) is 0 Å². The van der Waals surface area contributed by atoms with Gasteiger partial charge in [0.25, 0.3) is 0 Å². The number of benzene rings is 6. The summed E-state index contributed by atoms with van der Waals surface area (Å²) in [5, 5.41) is 7.32. The van der Waals surface area contributed by atoms with Crippen molar-refractivity contribution < 1.29 is 0 Å². The second-order valence-corrected chi connectivity index (χ2v) is 11.8. The number of hydrogen-bond donors (Lipinski definition) is 2. The maximum absolute atomic E-state index is 6.26. The van der Waals surface area contributed by atoms with Gasteiger partial charge in [-0.1, -0.05) is 0 Å². The molecule has 1 heterocycles.